The van der Waals surface area contributed by atoms with Crippen LogP contribution < -0.4 is 9.47 Å². The highest BCUT2D eigenvalue weighted by Gasteiger charge is 2.38. The van der Waals surface area contributed by atoms with E-state index in [0.29, 0.717) is 25.1 Å². The topological polar surface area (TPSA) is 82.1 Å². The van der Waals surface area contributed by atoms with Crippen molar-refractivity contribution in [2.45, 2.75) is 77.2 Å². The monoisotopic (exact) mass is 485 g/mol. The van der Waals surface area contributed by atoms with Crippen LogP contribution in [-0.4, -0.2) is 56.0 Å². The summed E-state index contributed by atoms with van der Waals surface area (Å²) in [5.41, 5.74) is 2.00. The molecule has 0 bridgehead atoms. The molecule has 1 saturated carbocycles. The second-order valence-electron chi connectivity index (χ2n) is 9.49. The van der Waals surface area contributed by atoms with Crippen molar-refractivity contribution in [1.82, 2.24) is 4.90 Å². The molecule has 35 heavy (non-hydrogen) atoms. The summed E-state index contributed by atoms with van der Waals surface area (Å²) in [6, 6.07) is 3.31. The van der Waals surface area contributed by atoms with Crippen LogP contribution in [0.5, 0.6) is 11.5 Å². The first-order chi connectivity index (χ1) is 17.0. The van der Waals surface area contributed by atoms with Gasteiger partial charge in [0, 0.05) is 12.5 Å². The van der Waals surface area contributed by atoms with Crippen LogP contribution in [0.1, 0.15) is 75.3 Å². The van der Waals surface area contributed by atoms with Crippen LogP contribution in [0, 0.1) is 12.8 Å². The fourth-order valence-corrected chi connectivity index (χ4v) is 5.07. The number of carbonyl (C=O) groups is 3. The molecule has 1 atom stereocenters. The summed E-state index contributed by atoms with van der Waals surface area (Å²) in [5.74, 6) is 0.0265. The molecule has 1 heterocycles. The van der Waals surface area contributed by atoms with Gasteiger partial charge in [0.05, 0.1) is 20.8 Å². The summed E-state index contributed by atoms with van der Waals surface area (Å²) in [7, 11) is 3.24. The summed E-state index contributed by atoms with van der Waals surface area (Å²) in [5, 5.41) is 0. The van der Waals surface area contributed by atoms with Crippen LogP contribution in [0.25, 0.3) is 6.08 Å². The van der Waals surface area contributed by atoms with Gasteiger partial charge in [-0.25, -0.2) is 4.79 Å². The minimum absolute atomic E-state index is 0.184. The second-order valence-corrected chi connectivity index (χ2v) is 9.49. The van der Waals surface area contributed by atoms with Gasteiger partial charge in [-0.3, -0.25) is 9.59 Å². The molecule has 0 radical (unpaired) electrons. The fourth-order valence-electron chi connectivity index (χ4n) is 5.07. The van der Waals surface area contributed by atoms with E-state index in [9.17, 15) is 14.4 Å². The van der Waals surface area contributed by atoms with E-state index in [1.807, 2.05) is 31.2 Å². The lowest BCUT2D eigenvalue weighted by molar-refractivity contribution is -0.160. The zero-order valence-electron chi connectivity index (χ0n) is 21.3. The molecule has 2 aliphatic rings. The number of likely N-dealkylation sites (tertiary alicyclic amines) is 1. The SMILES string of the molecule is COc1cc(/C=C/CCCOC(=O)C2CCCCN2C(=O)C(=O)C2CCCCC2)cc(C)c1OC. The number of ether oxygens (including phenoxy) is 3. The number of hydrogen-bond acceptors (Lipinski definition) is 6. The van der Waals surface area contributed by atoms with Crippen LogP contribution in [0.4, 0.5) is 0 Å². The van der Waals surface area contributed by atoms with Crippen molar-refractivity contribution in [2.75, 3.05) is 27.4 Å². The predicted molar refractivity (Wildman–Crippen MR) is 134 cm³/mol. The third kappa shape index (κ3) is 7.09. The molecule has 1 amide bonds. The number of rotatable bonds is 10. The lowest BCUT2D eigenvalue weighted by Gasteiger charge is -2.34. The molecule has 1 aliphatic heterocycles. The standard InChI is InChI=1S/C28H39NO6/c1-20-18-21(19-24(33-2)26(20)34-3)12-6-5-11-17-35-28(32)23-15-9-10-16-29(23)27(31)25(30)22-13-7-4-8-14-22/h6,12,18-19,22-23H,4-5,7-11,13-17H2,1-3H3/b12-6+. The van der Waals surface area contributed by atoms with Crippen LogP contribution in [0.2, 0.25) is 0 Å². The van der Waals surface area contributed by atoms with Crippen molar-refractivity contribution < 1.29 is 28.6 Å². The summed E-state index contributed by atoms with van der Waals surface area (Å²) in [6.07, 6.45) is 12.4. The number of aryl methyl sites for hydroxylation is 1. The Bertz CT molecular complexity index is 918. The van der Waals surface area contributed by atoms with Gasteiger partial charge in [0.25, 0.3) is 5.91 Å². The number of methoxy groups -OCH3 is 2. The highest BCUT2D eigenvalue weighted by Crippen LogP contribution is 2.32. The van der Waals surface area contributed by atoms with Gasteiger partial charge in [-0.05, 0) is 75.1 Å². The number of carbonyl (C=O) groups excluding carboxylic acids is 3. The molecule has 1 saturated heterocycles. The van der Waals surface area contributed by atoms with E-state index in [2.05, 4.69) is 0 Å². The highest BCUT2D eigenvalue weighted by atomic mass is 16.5. The zero-order valence-corrected chi connectivity index (χ0v) is 21.3. The van der Waals surface area contributed by atoms with Crippen molar-refractivity contribution >= 4 is 23.7 Å². The molecule has 192 valence electrons. The molecule has 0 aromatic heterocycles. The molecular formula is C28H39NO6. The maximum atomic E-state index is 12.9. The molecule has 1 aromatic carbocycles. The number of piperidine rings is 1. The van der Waals surface area contributed by atoms with Crippen molar-refractivity contribution in [1.29, 1.82) is 0 Å². The smallest absolute Gasteiger partial charge is 0.328 e. The van der Waals surface area contributed by atoms with E-state index >= 15 is 0 Å². The minimum Gasteiger partial charge on any atom is -0.493 e. The van der Waals surface area contributed by atoms with Crippen molar-refractivity contribution in [3.05, 3.63) is 29.3 Å². The molecule has 1 unspecified atom stereocenters. The maximum Gasteiger partial charge on any atom is 0.328 e. The first-order valence-electron chi connectivity index (χ1n) is 12.9. The number of esters is 1. The van der Waals surface area contributed by atoms with Crippen LogP contribution in [-0.2, 0) is 19.1 Å². The maximum absolute atomic E-state index is 12.9. The van der Waals surface area contributed by atoms with Crippen LogP contribution in [0.3, 0.4) is 0 Å². The Morgan fingerprint density at radius 3 is 2.46 bits per heavy atom. The van der Waals surface area contributed by atoms with Gasteiger partial charge in [0.1, 0.15) is 6.04 Å². The molecule has 0 spiro atoms. The van der Waals surface area contributed by atoms with Gasteiger partial charge in [-0.15, -0.1) is 0 Å². The van der Waals surface area contributed by atoms with Gasteiger partial charge >= 0.3 is 5.97 Å². The summed E-state index contributed by atoms with van der Waals surface area (Å²) in [6.45, 7) is 2.70. The molecule has 1 aliphatic carbocycles. The number of allylic oxidation sites excluding steroid dienone is 1. The lowest BCUT2D eigenvalue weighted by atomic mass is 9.85. The first kappa shape index (κ1) is 26.8. The number of hydrogen-bond donors (Lipinski definition) is 0. The van der Waals surface area contributed by atoms with Crippen molar-refractivity contribution in [3.8, 4) is 11.5 Å². The van der Waals surface area contributed by atoms with E-state index in [1.54, 1.807) is 14.2 Å². The Labute approximate surface area is 208 Å². The molecule has 3 rings (SSSR count). The Morgan fingerprint density at radius 2 is 1.74 bits per heavy atom. The predicted octanol–water partition coefficient (Wildman–Crippen LogP) is 4.88. The number of ketones is 1. The highest BCUT2D eigenvalue weighted by molar-refractivity contribution is 6.37. The second kappa shape index (κ2) is 13.3. The first-order valence-corrected chi connectivity index (χ1v) is 12.9. The number of Topliss-reactive ketones (excluding diaryl/α,β-unsaturated/α-hetero) is 1. The quantitative estimate of drug-likeness (QED) is 0.267. The van der Waals surface area contributed by atoms with Gasteiger partial charge < -0.3 is 19.1 Å². The van der Waals surface area contributed by atoms with Gasteiger partial charge in [-0.2, -0.15) is 0 Å². The average molecular weight is 486 g/mol. The van der Waals surface area contributed by atoms with Gasteiger partial charge in [-0.1, -0.05) is 31.4 Å². The zero-order chi connectivity index (χ0) is 25.2. The number of unbranched alkanes of at least 4 members (excludes halogenated alkanes) is 1. The van der Waals surface area contributed by atoms with E-state index < -0.39 is 17.9 Å². The number of nitrogens with zero attached hydrogens (tertiary/aromatic N) is 1. The molecule has 0 N–H and O–H groups in total. The number of benzene rings is 1. The van der Waals surface area contributed by atoms with Gasteiger partial charge in [0.15, 0.2) is 11.5 Å². The largest absolute Gasteiger partial charge is 0.493 e. The third-order valence-corrected chi connectivity index (χ3v) is 6.98. The third-order valence-electron chi connectivity index (χ3n) is 6.98. The molecule has 1 aromatic rings. The fraction of sp³-hybridized carbons (Fsp3) is 0.607. The molecule has 7 heteroatoms. The van der Waals surface area contributed by atoms with E-state index in [0.717, 1.165) is 68.2 Å². The molecule has 2 fully saturated rings. The summed E-state index contributed by atoms with van der Waals surface area (Å²) >= 11 is 0. The van der Waals surface area contributed by atoms with E-state index in [1.165, 1.54) is 4.90 Å². The number of amides is 1. The minimum atomic E-state index is -0.644. The van der Waals surface area contributed by atoms with Crippen molar-refractivity contribution in [2.24, 2.45) is 5.92 Å². The van der Waals surface area contributed by atoms with Gasteiger partial charge in [0.2, 0.25) is 5.78 Å². The van der Waals surface area contributed by atoms with Crippen molar-refractivity contribution in [3.63, 3.8) is 0 Å². The molecule has 7 nitrogen and oxygen atoms in total. The Balaban J connectivity index is 1.47. The lowest BCUT2D eigenvalue weighted by Crippen LogP contribution is -2.52. The average Bonchev–Trinajstić information content (AvgIpc) is 2.89. The Kier molecular flexibility index (Phi) is 10.2. The summed E-state index contributed by atoms with van der Waals surface area (Å²) < 4.78 is 16.3. The van der Waals surface area contributed by atoms with Crippen LogP contribution >= 0.6 is 0 Å². The van der Waals surface area contributed by atoms with Crippen LogP contribution in [0.15, 0.2) is 18.2 Å². The summed E-state index contributed by atoms with van der Waals surface area (Å²) in [4.78, 5) is 39.9. The normalized spacial score (nSPS) is 18.9. The van der Waals surface area contributed by atoms with E-state index in [-0.39, 0.29) is 18.3 Å². The Morgan fingerprint density at radius 1 is 1.00 bits per heavy atom. The molecular weight excluding hydrogens is 446 g/mol. The van der Waals surface area contributed by atoms with E-state index in [4.69, 9.17) is 14.2 Å². The Hall–Kier alpha value is -2.83.